The van der Waals surface area contributed by atoms with Crippen LogP contribution in [-0.4, -0.2) is 52.3 Å². The Kier molecular flexibility index (Phi) is 3.88. The van der Waals surface area contributed by atoms with Gasteiger partial charge < -0.3 is 14.4 Å². The number of amides is 1. The zero-order valence-electron chi connectivity index (χ0n) is 14.5. The summed E-state index contributed by atoms with van der Waals surface area (Å²) in [6.07, 6.45) is 6.86. The quantitative estimate of drug-likeness (QED) is 0.757. The fraction of sp³-hybridized carbons (Fsp3) is 0.611. The Morgan fingerprint density at radius 1 is 1.15 bits per heavy atom. The molecule has 2 saturated heterocycles. The molecule has 1 amide bonds. The first kappa shape index (κ1) is 16.4. The maximum absolute atomic E-state index is 13.0. The van der Waals surface area contributed by atoms with Crippen molar-refractivity contribution in [2.45, 2.75) is 44.3 Å². The Hall–Kier alpha value is -1.77. The van der Waals surface area contributed by atoms with Crippen molar-refractivity contribution < 1.29 is 14.3 Å². The summed E-state index contributed by atoms with van der Waals surface area (Å²) in [5, 5.41) is 0. The van der Waals surface area contributed by atoms with Gasteiger partial charge >= 0.3 is 0 Å². The van der Waals surface area contributed by atoms with Gasteiger partial charge in [0.15, 0.2) is 10.7 Å². The van der Waals surface area contributed by atoms with Gasteiger partial charge in [-0.2, -0.15) is 0 Å². The van der Waals surface area contributed by atoms with Crippen LogP contribution in [0.1, 0.15) is 46.6 Å². The van der Waals surface area contributed by atoms with E-state index in [1.807, 2.05) is 0 Å². The standard InChI is InChI=1S/C18H21N3O4S/c22-15(20-7-5-18(6-8-20)24-9-10-25-18)12-11-19-17-21(16(12)23)13-3-1-2-4-14(13)26-17/h11H,1-10H2. The van der Waals surface area contributed by atoms with Crippen LogP contribution in [0.3, 0.4) is 0 Å². The number of carbonyl (C=O) groups excluding carboxylic acids is 1. The molecule has 0 atom stereocenters. The van der Waals surface area contributed by atoms with Gasteiger partial charge in [0.25, 0.3) is 11.5 Å². The maximum atomic E-state index is 13.0. The van der Waals surface area contributed by atoms with Crippen LogP contribution in [0, 0.1) is 0 Å². The Morgan fingerprint density at radius 3 is 2.65 bits per heavy atom. The minimum absolute atomic E-state index is 0.165. The Labute approximate surface area is 154 Å². The topological polar surface area (TPSA) is 73.1 Å². The Balaban J connectivity index is 1.44. The van der Waals surface area contributed by atoms with E-state index in [1.165, 1.54) is 11.1 Å². The highest BCUT2D eigenvalue weighted by atomic mass is 32.1. The van der Waals surface area contributed by atoms with Crippen LogP contribution in [0.5, 0.6) is 0 Å². The molecule has 1 spiro atoms. The van der Waals surface area contributed by atoms with E-state index in [1.54, 1.807) is 20.6 Å². The Bertz CT molecular complexity index is 918. The second-order valence-corrected chi connectivity index (χ2v) is 8.24. The van der Waals surface area contributed by atoms with Gasteiger partial charge in [-0.25, -0.2) is 4.98 Å². The monoisotopic (exact) mass is 375 g/mol. The van der Waals surface area contributed by atoms with Gasteiger partial charge in [-0.3, -0.25) is 14.0 Å². The molecule has 26 heavy (non-hydrogen) atoms. The number of carbonyl (C=O) groups is 1. The predicted molar refractivity (Wildman–Crippen MR) is 95.8 cm³/mol. The van der Waals surface area contributed by atoms with Gasteiger partial charge in [0, 0.05) is 42.7 Å². The van der Waals surface area contributed by atoms with E-state index < -0.39 is 5.79 Å². The number of fused-ring (bicyclic) bond motifs is 3. The molecule has 1 aliphatic carbocycles. The molecule has 2 aromatic rings. The molecule has 2 aromatic heterocycles. The number of piperidine rings is 1. The highest BCUT2D eigenvalue weighted by molar-refractivity contribution is 7.17. The average molecular weight is 375 g/mol. The van der Waals surface area contributed by atoms with Crippen molar-refractivity contribution in [1.82, 2.24) is 14.3 Å². The summed E-state index contributed by atoms with van der Waals surface area (Å²) in [5.41, 5.74) is 0.986. The highest BCUT2D eigenvalue weighted by Crippen LogP contribution is 2.32. The van der Waals surface area contributed by atoms with Crippen LogP contribution < -0.4 is 5.56 Å². The maximum Gasteiger partial charge on any atom is 0.271 e. The first-order chi connectivity index (χ1) is 12.7. The summed E-state index contributed by atoms with van der Waals surface area (Å²) in [6.45, 7) is 2.28. The number of aromatic nitrogens is 2. The van der Waals surface area contributed by atoms with E-state index in [2.05, 4.69) is 4.98 Å². The van der Waals surface area contributed by atoms with Gasteiger partial charge in [-0.15, -0.1) is 11.3 Å². The number of nitrogens with zero attached hydrogens (tertiary/aromatic N) is 3. The van der Waals surface area contributed by atoms with E-state index in [9.17, 15) is 9.59 Å². The first-order valence-electron chi connectivity index (χ1n) is 9.26. The van der Waals surface area contributed by atoms with Crippen molar-refractivity contribution in [3.8, 4) is 0 Å². The van der Waals surface area contributed by atoms with Crippen LogP contribution >= 0.6 is 11.3 Å². The highest BCUT2D eigenvalue weighted by Gasteiger charge is 2.41. The minimum Gasteiger partial charge on any atom is -0.347 e. The van der Waals surface area contributed by atoms with E-state index in [4.69, 9.17) is 9.47 Å². The summed E-state index contributed by atoms with van der Waals surface area (Å²) in [5.74, 6) is -0.763. The van der Waals surface area contributed by atoms with Gasteiger partial charge in [0.2, 0.25) is 0 Å². The summed E-state index contributed by atoms with van der Waals surface area (Å²) in [7, 11) is 0. The number of hydrogen-bond acceptors (Lipinski definition) is 6. The smallest absolute Gasteiger partial charge is 0.271 e. The third-order valence-corrected chi connectivity index (χ3v) is 6.82. The van der Waals surface area contributed by atoms with E-state index >= 15 is 0 Å². The summed E-state index contributed by atoms with van der Waals surface area (Å²) in [6, 6.07) is 0. The third kappa shape index (κ3) is 2.51. The zero-order chi connectivity index (χ0) is 17.7. The van der Waals surface area contributed by atoms with Crippen LogP contribution in [-0.2, 0) is 22.3 Å². The molecular weight excluding hydrogens is 354 g/mol. The van der Waals surface area contributed by atoms with Crippen molar-refractivity contribution in [3.05, 3.63) is 32.7 Å². The molecule has 0 aromatic carbocycles. The molecule has 2 fully saturated rings. The lowest BCUT2D eigenvalue weighted by atomic mass is 10.0. The summed E-state index contributed by atoms with van der Waals surface area (Å²) in [4.78, 5) is 34.1. The molecule has 0 bridgehead atoms. The summed E-state index contributed by atoms with van der Waals surface area (Å²) >= 11 is 1.58. The fourth-order valence-corrected chi connectivity index (χ4v) is 5.39. The van der Waals surface area contributed by atoms with Crippen molar-refractivity contribution in [2.24, 2.45) is 0 Å². The van der Waals surface area contributed by atoms with Crippen LogP contribution in [0.4, 0.5) is 0 Å². The number of rotatable bonds is 1. The normalized spacial score (nSPS) is 22.1. The van der Waals surface area contributed by atoms with Crippen molar-refractivity contribution >= 4 is 22.2 Å². The first-order valence-corrected chi connectivity index (χ1v) is 10.1. The molecule has 4 heterocycles. The zero-order valence-corrected chi connectivity index (χ0v) is 15.3. The second-order valence-electron chi connectivity index (χ2n) is 7.17. The molecule has 5 rings (SSSR count). The molecule has 0 radical (unpaired) electrons. The molecule has 0 saturated carbocycles. The molecular formula is C18H21N3O4S. The number of hydrogen-bond donors (Lipinski definition) is 0. The lowest BCUT2D eigenvalue weighted by Gasteiger charge is -2.37. The van der Waals surface area contributed by atoms with E-state index in [0.717, 1.165) is 31.4 Å². The fourth-order valence-electron chi connectivity index (χ4n) is 4.22. The number of likely N-dealkylation sites (tertiary alicyclic amines) is 1. The molecule has 0 N–H and O–H groups in total. The number of thiazole rings is 1. The molecule has 3 aliphatic rings. The number of aryl methyl sites for hydroxylation is 2. The molecule has 7 nitrogen and oxygen atoms in total. The van der Waals surface area contributed by atoms with Crippen molar-refractivity contribution in [3.63, 3.8) is 0 Å². The van der Waals surface area contributed by atoms with Crippen LogP contribution in [0.15, 0.2) is 11.0 Å². The third-order valence-electron chi connectivity index (χ3n) is 5.66. The largest absolute Gasteiger partial charge is 0.347 e. The minimum atomic E-state index is -0.527. The lowest BCUT2D eigenvalue weighted by molar-refractivity contribution is -0.181. The molecule has 2 aliphatic heterocycles. The second kappa shape index (κ2) is 6.14. The SMILES string of the molecule is O=C(c1cnc2sc3c(n2c1=O)CCCC3)N1CCC2(CC1)OCCO2. The van der Waals surface area contributed by atoms with E-state index in [-0.39, 0.29) is 17.0 Å². The van der Waals surface area contributed by atoms with Gasteiger partial charge in [0.05, 0.1) is 13.2 Å². The van der Waals surface area contributed by atoms with Gasteiger partial charge in [-0.1, -0.05) is 0 Å². The molecule has 8 heteroatoms. The van der Waals surface area contributed by atoms with Crippen molar-refractivity contribution in [1.29, 1.82) is 0 Å². The van der Waals surface area contributed by atoms with Crippen LogP contribution in [0.25, 0.3) is 4.96 Å². The van der Waals surface area contributed by atoms with E-state index in [0.29, 0.717) is 44.1 Å². The number of ether oxygens (including phenoxy) is 2. The van der Waals surface area contributed by atoms with Crippen molar-refractivity contribution in [2.75, 3.05) is 26.3 Å². The van der Waals surface area contributed by atoms with Crippen LogP contribution in [0.2, 0.25) is 0 Å². The Morgan fingerprint density at radius 2 is 1.88 bits per heavy atom. The lowest BCUT2D eigenvalue weighted by Crippen LogP contribution is -2.48. The summed E-state index contributed by atoms with van der Waals surface area (Å²) < 4.78 is 13.1. The predicted octanol–water partition coefficient (Wildman–Crippen LogP) is 1.61. The van der Waals surface area contributed by atoms with Gasteiger partial charge in [0.1, 0.15) is 5.56 Å². The van der Waals surface area contributed by atoms with Gasteiger partial charge in [-0.05, 0) is 25.7 Å². The average Bonchev–Trinajstić information content (AvgIpc) is 3.27. The molecule has 0 unspecified atom stereocenters. The molecule has 138 valence electrons.